The van der Waals surface area contributed by atoms with Crippen molar-refractivity contribution in [3.05, 3.63) is 0 Å². The van der Waals surface area contributed by atoms with Gasteiger partial charge in [0.05, 0.1) is 0 Å². The number of carbonyl (C=O) groups excluding carboxylic acids is 2. The molecule has 0 aromatic heterocycles. The Morgan fingerprint density at radius 2 is 2.06 bits per heavy atom. The molecule has 1 rings (SSSR count). The Hall–Kier alpha value is -0.770. The van der Waals surface area contributed by atoms with Crippen molar-refractivity contribution < 1.29 is 9.59 Å². The fraction of sp³-hybridized carbons (Fsp3) is 0.818. The molecule has 1 aliphatic rings. The average Bonchev–Trinajstić information content (AvgIpc) is 2.16. The van der Waals surface area contributed by atoms with Crippen LogP contribution < -0.4 is 10.6 Å². The number of nitrogens with one attached hydrogen (secondary N) is 2. The molecule has 2 N–H and O–H groups in total. The third-order valence-electron chi connectivity index (χ3n) is 2.87. The van der Waals surface area contributed by atoms with Gasteiger partial charge >= 0.3 is 6.03 Å². The van der Waals surface area contributed by atoms with Crippen LogP contribution in [-0.2, 0) is 4.79 Å². The predicted molar refractivity (Wildman–Crippen MR) is 63.4 cm³/mol. The number of rotatable bonds is 2. The molecule has 0 aromatic carbocycles. The normalized spacial score (nSPS) is 26.9. The van der Waals surface area contributed by atoms with Gasteiger partial charge in [-0.3, -0.25) is 10.1 Å². The first-order chi connectivity index (χ1) is 7.49. The number of carbonyl (C=O) groups is 2. The molecule has 3 atom stereocenters. The number of halogens is 1. The van der Waals surface area contributed by atoms with E-state index in [9.17, 15) is 9.59 Å². The van der Waals surface area contributed by atoms with Crippen LogP contribution >= 0.6 is 11.6 Å². The third kappa shape index (κ3) is 4.39. The molecule has 3 unspecified atom stereocenters. The Balaban J connectivity index is 2.31. The molecule has 0 aliphatic heterocycles. The van der Waals surface area contributed by atoms with Gasteiger partial charge in [-0.1, -0.05) is 19.8 Å². The van der Waals surface area contributed by atoms with Crippen molar-refractivity contribution in [1.29, 1.82) is 0 Å². The second kappa shape index (κ2) is 6.09. The molecule has 0 heterocycles. The zero-order chi connectivity index (χ0) is 12.1. The first-order valence-electron chi connectivity index (χ1n) is 5.74. The number of urea groups is 1. The van der Waals surface area contributed by atoms with Crippen LogP contribution in [0.5, 0.6) is 0 Å². The highest BCUT2D eigenvalue weighted by Crippen LogP contribution is 2.23. The van der Waals surface area contributed by atoms with Crippen LogP contribution in [0, 0.1) is 5.92 Å². The zero-order valence-electron chi connectivity index (χ0n) is 9.75. The van der Waals surface area contributed by atoms with Crippen LogP contribution in [0.4, 0.5) is 4.79 Å². The summed E-state index contributed by atoms with van der Waals surface area (Å²) in [6.45, 7) is 3.71. The average molecular weight is 247 g/mol. The van der Waals surface area contributed by atoms with Crippen molar-refractivity contribution in [1.82, 2.24) is 10.6 Å². The van der Waals surface area contributed by atoms with Gasteiger partial charge in [-0.2, -0.15) is 0 Å². The molecule has 1 saturated carbocycles. The van der Waals surface area contributed by atoms with Gasteiger partial charge in [0.15, 0.2) is 0 Å². The number of alkyl halides is 1. The van der Waals surface area contributed by atoms with Crippen molar-refractivity contribution in [3.8, 4) is 0 Å². The van der Waals surface area contributed by atoms with Gasteiger partial charge < -0.3 is 5.32 Å². The Labute approximate surface area is 101 Å². The summed E-state index contributed by atoms with van der Waals surface area (Å²) < 4.78 is 0. The minimum Gasteiger partial charge on any atom is -0.335 e. The van der Waals surface area contributed by atoms with E-state index in [0.717, 1.165) is 19.3 Å². The minimum atomic E-state index is -0.684. The molecule has 0 bridgehead atoms. The van der Waals surface area contributed by atoms with Crippen molar-refractivity contribution in [2.24, 2.45) is 5.92 Å². The van der Waals surface area contributed by atoms with Crippen LogP contribution in [0.15, 0.2) is 0 Å². The summed E-state index contributed by atoms with van der Waals surface area (Å²) in [7, 11) is 0. The van der Waals surface area contributed by atoms with Crippen molar-refractivity contribution in [2.75, 3.05) is 0 Å². The highest BCUT2D eigenvalue weighted by atomic mass is 35.5. The lowest BCUT2D eigenvalue weighted by Crippen LogP contribution is -2.47. The van der Waals surface area contributed by atoms with Gasteiger partial charge in [-0.15, -0.1) is 11.6 Å². The van der Waals surface area contributed by atoms with E-state index in [2.05, 4.69) is 17.6 Å². The van der Waals surface area contributed by atoms with Gasteiger partial charge in [-0.05, 0) is 25.7 Å². The second-order valence-electron chi connectivity index (χ2n) is 4.55. The molecule has 5 heteroatoms. The van der Waals surface area contributed by atoms with Gasteiger partial charge in [0.2, 0.25) is 5.91 Å². The maximum absolute atomic E-state index is 11.4. The van der Waals surface area contributed by atoms with Gasteiger partial charge in [0.25, 0.3) is 0 Å². The number of amides is 3. The lowest BCUT2D eigenvalue weighted by atomic mass is 9.87. The minimum absolute atomic E-state index is 0.183. The molecule has 1 aliphatic carbocycles. The molecule has 0 saturated heterocycles. The maximum atomic E-state index is 11.4. The SMILES string of the molecule is CC1CCCC(NC(=O)NC(=O)C(C)Cl)C1. The van der Waals surface area contributed by atoms with E-state index in [1.165, 1.54) is 13.3 Å². The topological polar surface area (TPSA) is 58.2 Å². The monoisotopic (exact) mass is 246 g/mol. The Morgan fingerprint density at radius 3 is 2.62 bits per heavy atom. The van der Waals surface area contributed by atoms with E-state index in [-0.39, 0.29) is 6.04 Å². The molecule has 16 heavy (non-hydrogen) atoms. The van der Waals surface area contributed by atoms with Crippen molar-refractivity contribution in [3.63, 3.8) is 0 Å². The molecular weight excluding hydrogens is 228 g/mol. The molecular formula is C11H19ClN2O2. The summed E-state index contributed by atoms with van der Waals surface area (Å²) in [6, 6.07) is -0.251. The van der Waals surface area contributed by atoms with E-state index in [0.29, 0.717) is 5.92 Å². The predicted octanol–water partition coefficient (Wildman–Crippen LogP) is 2.02. The molecule has 0 aromatic rings. The number of hydrogen-bond donors (Lipinski definition) is 2. The summed E-state index contributed by atoms with van der Waals surface area (Å²) in [5.41, 5.74) is 0. The molecule has 0 spiro atoms. The Kier molecular flexibility index (Phi) is 5.06. The summed E-state index contributed by atoms with van der Waals surface area (Å²) in [4.78, 5) is 22.6. The zero-order valence-corrected chi connectivity index (χ0v) is 10.5. The summed E-state index contributed by atoms with van der Waals surface area (Å²) in [5, 5.41) is 4.34. The fourth-order valence-corrected chi connectivity index (χ4v) is 2.05. The van der Waals surface area contributed by atoms with Crippen molar-refractivity contribution >= 4 is 23.5 Å². The largest absolute Gasteiger partial charge is 0.335 e. The van der Waals surface area contributed by atoms with Crippen LogP contribution in [0.3, 0.4) is 0 Å². The molecule has 1 fully saturated rings. The Morgan fingerprint density at radius 1 is 1.38 bits per heavy atom. The molecule has 0 radical (unpaired) electrons. The van der Waals surface area contributed by atoms with E-state index < -0.39 is 17.3 Å². The third-order valence-corrected chi connectivity index (χ3v) is 3.07. The standard InChI is InChI=1S/C11H19ClN2O2/c1-7-4-3-5-9(6-7)13-11(16)14-10(15)8(2)12/h7-9H,3-6H2,1-2H3,(H2,13,14,15,16). The number of imide groups is 1. The van der Waals surface area contributed by atoms with Crippen LogP contribution in [0.25, 0.3) is 0 Å². The molecule has 92 valence electrons. The van der Waals surface area contributed by atoms with Crippen LogP contribution in [-0.4, -0.2) is 23.4 Å². The molecule has 3 amide bonds. The van der Waals surface area contributed by atoms with Gasteiger partial charge in [-0.25, -0.2) is 4.79 Å². The van der Waals surface area contributed by atoms with E-state index >= 15 is 0 Å². The summed E-state index contributed by atoms with van der Waals surface area (Å²) >= 11 is 5.55. The lowest BCUT2D eigenvalue weighted by Gasteiger charge is -2.27. The van der Waals surface area contributed by atoms with Crippen LogP contribution in [0.2, 0.25) is 0 Å². The maximum Gasteiger partial charge on any atom is 0.321 e. The van der Waals surface area contributed by atoms with E-state index in [4.69, 9.17) is 11.6 Å². The smallest absolute Gasteiger partial charge is 0.321 e. The second-order valence-corrected chi connectivity index (χ2v) is 5.20. The number of hydrogen-bond acceptors (Lipinski definition) is 2. The first kappa shape index (κ1) is 13.3. The van der Waals surface area contributed by atoms with E-state index in [1.807, 2.05) is 0 Å². The van der Waals surface area contributed by atoms with Gasteiger partial charge in [0.1, 0.15) is 5.38 Å². The van der Waals surface area contributed by atoms with E-state index in [1.54, 1.807) is 0 Å². The van der Waals surface area contributed by atoms with Gasteiger partial charge in [0, 0.05) is 6.04 Å². The summed E-state index contributed by atoms with van der Waals surface area (Å²) in [6.07, 6.45) is 4.32. The first-order valence-corrected chi connectivity index (χ1v) is 6.18. The summed E-state index contributed by atoms with van der Waals surface area (Å²) in [5.74, 6) is 0.185. The lowest BCUT2D eigenvalue weighted by molar-refractivity contribution is -0.119. The highest BCUT2D eigenvalue weighted by Gasteiger charge is 2.21. The molecule has 4 nitrogen and oxygen atoms in total. The Bertz CT molecular complexity index is 269. The fourth-order valence-electron chi connectivity index (χ4n) is 2.00. The quantitative estimate of drug-likeness (QED) is 0.733. The highest BCUT2D eigenvalue weighted by molar-refractivity contribution is 6.31. The van der Waals surface area contributed by atoms with Crippen molar-refractivity contribution in [2.45, 2.75) is 50.9 Å². The van der Waals surface area contributed by atoms with Crippen LogP contribution in [0.1, 0.15) is 39.5 Å².